The lowest BCUT2D eigenvalue weighted by Crippen LogP contribution is -2.05. The van der Waals surface area contributed by atoms with Gasteiger partial charge in [0.25, 0.3) is 0 Å². The van der Waals surface area contributed by atoms with Gasteiger partial charge < -0.3 is 15.2 Å². The van der Waals surface area contributed by atoms with Crippen molar-refractivity contribution in [2.75, 3.05) is 19.0 Å². The van der Waals surface area contributed by atoms with E-state index in [2.05, 4.69) is 21.2 Å². The van der Waals surface area contributed by atoms with Crippen LogP contribution in [0.4, 0.5) is 5.69 Å². The number of carboxylic acid groups (broad SMARTS) is 1. The zero-order valence-corrected chi connectivity index (χ0v) is 10.6. The van der Waals surface area contributed by atoms with Crippen LogP contribution in [0.2, 0.25) is 0 Å². The van der Waals surface area contributed by atoms with Crippen LogP contribution in [-0.2, 0) is 4.79 Å². The SMILES string of the molecule is COc1ccc(Br)cc1NCCCC(=O)O. The molecule has 5 heteroatoms. The minimum absolute atomic E-state index is 0.170. The molecule has 0 aliphatic carbocycles. The Morgan fingerprint density at radius 3 is 2.94 bits per heavy atom. The smallest absolute Gasteiger partial charge is 0.303 e. The van der Waals surface area contributed by atoms with Gasteiger partial charge in [-0.25, -0.2) is 0 Å². The maximum absolute atomic E-state index is 10.3. The number of ether oxygens (including phenoxy) is 1. The Kier molecular flexibility index (Phi) is 5.11. The zero-order valence-electron chi connectivity index (χ0n) is 9.00. The van der Waals surface area contributed by atoms with Crippen molar-refractivity contribution in [3.05, 3.63) is 22.7 Å². The van der Waals surface area contributed by atoms with Crippen LogP contribution in [0.15, 0.2) is 22.7 Å². The van der Waals surface area contributed by atoms with Crippen LogP contribution in [0, 0.1) is 0 Å². The van der Waals surface area contributed by atoms with E-state index in [1.54, 1.807) is 7.11 Å². The summed E-state index contributed by atoms with van der Waals surface area (Å²) in [4.78, 5) is 10.3. The molecule has 0 aliphatic rings. The first-order chi connectivity index (χ1) is 7.63. The van der Waals surface area contributed by atoms with E-state index in [-0.39, 0.29) is 6.42 Å². The molecule has 1 rings (SSSR count). The van der Waals surface area contributed by atoms with E-state index in [0.717, 1.165) is 15.9 Å². The van der Waals surface area contributed by atoms with Crippen molar-refractivity contribution < 1.29 is 14.6 Å². The van der Waals surface area contributed by atoms with Crippen molar-refractivity contribution in [2.24, 2.45) is 0 Å². The highest BCUT2D eigenvalue weighted by molar-refractivity contribution is 9.10. The molecule has 0 aromatic heterocycles. The molecule has 2 N–H and O–H groups in total. The van der Waals surface area contributed by atoms with Crippen molar-refractivity contribution in [1.82, 2.24) is 0 Å². The second-order valence-corrected chi connectivity index (χ2v) is 4.18. The molecule has 0 aliphatic heterocycles. The van der Waals surface area contributed by atoms with Crippen molar-refractivity contribution in [3.63, 3.8) is 0 Å². The first kappa shape index (κ1) is 12.8. The number of carboxylic acids is 1. The molecule has 1 aromatic carbocycles. The molecule has 0 atom stereocenters. The van der Waals surface area contributed by atoms with Gasteiger partial charge in [-0.15, -0.1) is 0 Å². The average Bonchev–Trinajstić information content (AvgIpc) is 2.24. The maximum atomic E-state index is 10.3. The highest BCUT2D eigenvalue weighted by Gasteiger charge is 2.03. The molecule has 1 aromatic rings. The summed E-state index contributed by atoms with van der Waals surface area (Å²) in [5.74, 6) is -0.0264. The quantitative estimate of drug-likeness (QED) is 0.790. The molecule has 0 saturated heterocycles. The average molecular weight is 288 g/mol. The van der Waals surface area contributed by atoms with Gasteiger partial charge in [-0.3, -0.25) is 4.79 Å². The minimum Gasteiger partial charge on any atom is -0.495 e. The fourth-order valence-corrected chi connectivity index (χ4v) is 1.64. The van der Waals surface area contributed by atoms with Crippen LogP contribution < -0.4 is 10.1 Å². The van der Waals surface area contributed by atoms with Crippen LogP contribution in [0.3, 0.4) is 0 Å². The number of hydrogen-bond acceptors (Lipinski definition) is 3. The van der Waals surface area contributed by atoms with Gasteiger partial charge in [0.2, 0.25) is 0 Å². The van der Waals surface area contributed by atoms with Crippen molar-refractivity contribution >= 4 is 27.6 Å². The molecule has 0 heterocycles. The van der Waals surface area contributed by atoms with Crippen molar-refractivity contribution in [1.29, 1.82) is 0 Å². The minimum atomic E-state index is -0.775. The van der Waals surface area contributed by atoms with Gasteiger partial charge >= 0.3 is 5.97 Å². The molecule has 0 saturated carbocycles. The van der Waals surface area contributed by atoms with E-state index >= 15 is 0 Å². The molecule has 0 fully saturated rings. The van der Waals surface area contributed by atoms with E-state index in [1.807, 2.05) is 18.2 Å². The predicted molar refractivity (Wildman–Crippen MR) is 66.1 cm³/mol. The number of hydrogen-bond donors (Lipinski definition) is 2. The van der Waals surface area contributed by atoms with E-state index in [9.17, 15) is 4.79 Å². The highest BCUT2D eigenvalue weighted by Crippen LogP contribution is 2.27. The summed E-state index contributed by atoms with van der Waals surface area (Å²) in [6.45, 7) is 0.610. The van der Waals surface area contributed by atoms with Gasteiger partial charge in [-0.1, -0.05) is 15.9 Å². The topological polar surface area (TPSA) is 58.6 Å². The third kappa shape index (κ3) is 4.10. The van der Waals surface area contributed by atoms with Gasteiger partial charge in [-0.05, 0) is 24.6 Å². The van der Waals surface area contributed by atoms with E-state index in [4.69, 9.17) is 9.84 Å². The molecule has 4 nitrogen and oxygen atoms in total. The van der Waals surface area contributed by atoms with Gasteiger partial charge in [0.05, 0.1) is 12.8 Å². The lowest BCUT2D eigenvalue weighted by atomic mass is 10.2. The van der Waals surface area contributed by atoms with E-state index in [1.165, 1.54) is 0 Å². The lowest BCUT2D eigenvalue weighted by molar-refractivity contribution is -0.137. The van der Waals surface area contributed by atoms with E-state index < -0.39 is 5.97 Å². The number of methoxy groups -OCH3 is 1. The number of halogens is 1. The van der Waals surface area contributed by atoms with Crippen LogP contribution in [0.25, 0.3) is 0 Å². The second-order valence-electron chi connectivity index (χ2n) is 3.27. The summed E-state index contributed by atoms with van der Waals surface area (Å²) in [5.41, 5.74) is 0.863. The predicted octanol–water partition coefficient (Wildman–Crippen LogP) is 2.73. The molecular formula is C11H14BrNO3. The van der Waals surface area contributed by atoms with E-state index in [0.29, 0.717) is 13.0 Å². The van der Waals surface area contributed by atoms with Gasteiger partial charge in [0.15, 0.2) is 0 Å². The van der Waals surface area contributed by atoms with Crippen molar-refractivity contribution in [3.8, 4) is 5.75 Å². The highest BCUT2D eigenvalue weighted by atomic mass is 79.9. The summed E-state index contributed by atoms with van der Waals surface area (Å²) in [6.07, 6.45) is 0.758. The van der Waals surface area contributed by atoms with Crippen LogP contribution in [-0.4, -0.2) is 24.7 Å². The number of nitrogens with one attached hydrogen (secondary N) is 1. The molecule has 0 bridgehead atoms. The first-order valence-electron chi connectivity index (χ1n) is 4.92. The van der Waals surface area contributed by atoms with Gasteiger partial charge in [0, 0.05) is 17.4 Å². The van der Waals surface area contributed by atoms with Gasteiger partial charge in [-0.2, -0.15) is 0 Å². The third-order valence-corrected chi connectivity index (χ3v) is 2.54. The fourth-order valence-electron chi connectivity index (χ4n) is 1.28. The summed E-state index contributed by atoms with van der Waals surface area (Å²) in [6, 6.07) is 5.64. The Morgan fingerprint density at radius 1 is 1.56 bits per heavy atom. The summed E-state index contributed by atoms with van der Waals surface area (Å²) in [5, 5.41) is 11.6. The lowest BCUT2D eigenvalue weighted by Gasteiger charge is -2.10. The second kappa shape index (κ2) is 6.37. The number of aliphatic carboxylic acids is 1. The molecule has 0 spiro atoms. The molecule has 0 radical (unpaired) electrons. The maximum Gasteiger partial charge on any atom is 0.303 e. The summed E-state index contributed by atoms with van der Waals surface area (Å²) < 4.78 is 6.13. The number of benzene rings is 1. The standard InChI is InChI=1S/C11H14BrNO3/c1-16-10-5-4-8(12)7-9(10)13-6-2-3-11(14)15/h4-5,7,13H,2-3,6H2,1H3,(H,14,15). The Labute approximate surface area is 103 Å². The Morgan fingerprint density at radius 2 is 2.31 bits per heavy atom. The number of carbonyl (C=O) groups is 1. The molecule has 0 unspecified atom stereocenters. The Hall–Kier alpha value is -1.23. The third-order valence-electron chi connectivity index (χ3n) is 2.04. The molecular weight excluding hydrogens is 274 g/mol. The van der Waals surface area contributed by atoms with Crippen LogP contribution >= 0.6 is 15.9 Å². The largest absolute Gasteiger partial charge is 0.495 e. The monoisotopic (exact) mass is 287 g/mol. The van der Waals surface area contributed by atoms with Crippen LogP contribution in [0.1, 0.15) is 12.8 Å². The Balaban J connectivity index is 2.51. The summed E-state index contributed by atoms with van der Waals surface area (Å²) in [7, 11) is 1.60. The van der Waals surface area contributed by atoms with Crippen LogP contribution in [0.5, 0.6) is 5.75 Å². The normalized spacial score (nSPS) is 9.88. The Bertz CT molecular complexity index is 368. The first-order valence-corrected chi connectivity index (χ1v) is 5.72. The molecule has 0 amide bonds. The number of rotatable bonds is 6. The molecule has 16 heavy (non-hydrogen) atoms. The zero-order chi connectivity index (χ0) is 12.0. The van der Waals surface area contributed by atoms with Gasteiger partial charge in [0.1, 0.15) is 5.75 Å². The van der Waals surface area contributed by atoms with Crippen molar-refractivity contribution in [2.45, 2.75) is 12.8 Å². The molecule has 88 valence electrons. The fraction of sp³-hybridized carbons (Fsp3) is 0.364. The number of anilines is 1. The summed E-state index contributed by atoms with van der Waals surface area (Å²) >= 11 is 3.37.